The first-order valence-electron chi connectivity index (χ1n) is 5.09. The number of aromatic hydroxyl groups is 1. The molecule has 1 saturated carbocycles. The molecule has 2 nitrogen and oxygen atoms in total. The molecule has 0 heterocycles. The maximum Gasteiger partial charge on any atom is 0.419 e. The van der Waals surface area contributed by atoms with Gasteiger partial charge < -0.3 is 10.4 Å². The Morgan fingerprint density at radius 3 is 2.56 bits per heavy atom. The van der Waals surface area contributed by atoms with E-state index in [2.05, 4.69) is 5.32 Å². The molecule has 5 heteroatoms. The Bertz CT molecular complexity index is 385. The van der Waals surface area contributed by atoms with Crippen molar-refractivity contribution >= 4 is 0 Å². The van der Waals surface area contributed by atoms with Gasteiger partial charge in [0.25, 0.3) is 0 Å². The van der Waals surface area contributed by atoms with E-state index in [1.807, 2.05) is 0 Å². The van der Waals surface area contributed by atoms with Crippen molar-refractivity contribution < 1.29 is 18.3 Å². The van der Waals surface area contributed by atoms with Crippen LogP contribution in [0.15, 0.2) is 18.2 Å². The van der Waals surface area contributed by atoms with Crippen molar-refractivity contribution in [2.24, 2.45) is 0 Å². The van der Waals surface area contributed by atoms with Gasteiger partial charge in [0.05, 0.1) is 5.56 Å². The summed E-state index contributed by atoms with van der Waals surface area (Å²) in [6.45, 7) is 0.411. The van der Waals surface area contributed by atoms with E-state index in [-0.39, 0.29) is 0 Å². The summed E-state index contributed by atoms with van der Waals surface area (Å²) < 4.78 is 37.4. The number of hydrogen-bond acceptors (Lipinski definition) is 2. The smallest absolute Gasteiger partial charge is 0.419 e. The van der Waals surface area contributed by atoms with Gasteiger partial charge in [0.1, 0.15) is 5.75 Å². The summed E-state index contributed by atoms with van der Waals surface area (Å²) >= 11 is 0. The molecule has 0 bridgehead atoms. The minimum Gasteiger partial charge on any atom is -0.507 e. The van der Waals surface area contributed by atoms with Crippen LogP contribution in [0.2, 0.25) is 0 Å². The van der Waals surface area contributed by atoms with Gasteiger partial charge in [-0.25, -0.2) is 0 Å². The van der Waals surface area contributed by atoms with E-state index in [1.54, 1.807) is 0 Å². The molecule has 2 rings (SSSR count). The molecule has 0 aromatic heterocycles. The van der Waals surface area contributed by atoms with Crippen LogP contribution in [0.3, 0.4) is 0 Å². The van der Waals surface area contributed by atoms with Crippen LogP contribution in [0, 0.1) is 0 Å². The fourth-order valence-corrected chi connectivity index (χ4v) is 1.47. The summed E-state index contributed by atoms with van der Waals surface area (Å²) in [7, 11) is 0. The molecule has 0 spiro atoms. The lowest BCUT2D eigenvalue weighted by Crippen LogP contribution is -2.16. The Morgan fingerprint density at radius 2 is 2.00 bits per heavy atom. The first-order valence-corrected chi connectivity index (χ1v) is 5.09. The van der Waals surface area contributed by atoms with Crippen LogP contribution in [-0.4, -0.2) is 11.1 Å². The van der Waals surface area contributed by atoms with Gasteiger partial charge in [-0.05, 0) is 30.5 Å². The molecule has 0 aliphatic heterocycles. The highest BCUT2D eigenvalue weighted by molar-refractivity contribution is 5.38. The molecule has 0 amide bonds. The van der Waals surface area contributed by atoms with Crippen molar-refractivity contribution in [3.63, 3.8) is 0 Å². The molecule has 1 aliphatic carbocycles. The zero-order valence-corrected chi connectivity index (χ0v) is 8.51. The van der Waals surface area contributed by atoms with Gasteiger partial charge in [-0.1, -0.05) is 6.07 Å². The second kappa shape index (κ2) is 3.97. The van der Waals surface area contributed by atoms with Crippen molar-refractivity contribution in [1.29, 1.82) is 0 Å². The molecule has 0 atom stereocenters. The molecule has 1 fully saturated rings. The summed E-state index contributed by atoms with van der Waals surface area (Å²) in [6, 6.07) is 4.03. The molecule has 88 valence electrons. The van der Waals surface area contributed by atoms with E-state index < -0.39 is 17.5 Å². The fraction of sp³-hybridized carbons (Fsp3) is 0.455. The lowest BCUT2D eigenvalue weighted by atomic mass is 10.1. The number of nitrogens with one attached hydrogen (secondary N) is 1. The van der Waals surface area contributed by atoms with Crippen LogP contribution in [0.1, 0.15) is 24.0 Å². The third-order valence-corrected chi connectivity index (χ3v) is 2.54. The summed E-state index contributed by atoms with van der Waals surface area (Å²) in [4.78, 5) is 0. The number of hydrogen-bond donors (Lipinski definition) is 2. The third kappa shape index (κ3) is 2.66. The van der Waals surface area contributed by atoms with Gasteiger partial charge in [-0.2, -0.15) is 13.2 Å². The third-order valence-electron chi connectivity index (χ3n) is 2.54. The van der Waals surface area contributed by atoms with E-state index in [1.165, 1.54) is 6.07 Å². The van der Waals surface area contributed by atoms with Crippen molar-refractivity contribution in [2.75, 3.05) is 0 Å². The average molecular weight is 231 g/mol. The summed E-state index contributed by atoms with van der Waals surface area (Å²) in [5.41, 5.74) is -0.431. The quantitative estimate of drug-likeness (QED) is 0.838. The molecule has 0 saturated heterocycles. The number of phenols is 1. The van der Waals surface area contributed by atoms with Gasteiger partial charge >= 0.3 is 6.18 Å². The van der Waals surface area contributed by atoms with E-state index in [9.17, 15) is 13.2 Å². The van der Waals surface area contributed by atoms with Crippen molar-refractivity contribution in [1.82, 2.24) is 5.32 Å². The Kier molecular flexibility index (Phi) is 2.80. The number of rotatable bonds is 3. The Hall–Kier alpha value is -1.23. The SMILES string of the molecule is Oc1ccc(CNC2CC2)cc1C(F)(F)F. The molecule has 1 aromatic rings. The van der Waals surface area contributed by atoms with E-state index >= 15 is 0 Å². The Balaban J connectivity index is 2.13. The van der Waals surface area contributed by atoms with Gasteiger partial charge in [-0.3, -0.25) is 0 Å². The largest absolute Gasteiger partial charge is 0.507 e. The molecule has 2 N–H and O–H groups in total. The van der Waals surface area contributed by atoms with Crippen LogP contribution in [0.5, 0.6) is 5.75 Å². The van der Waals surface area contributed by atoms with Crippen molar-refractivity contribution in [3.8, 4) is 5.75 Å². The van der Waals surface area contributed by atoms with Crippen LogP contribution in [0.4, 0.5) is 13.2 Å². The molecule has 1 aliphatic rings. The highest BCUT2D eigenvalue weighted by atomic mass is 19.4. The fourth-order valence-electron chi connectivity index (χ4n) is 1.47. The van der Waals surface area contributed by atoms with Crippen LogP contribution < -0.4 is 5.32 Å². The number of phenolic OH excluding ortho intramolecular Hbond substituents is 1. The van der Waals surface area contributed by atoms with Gasteiger partial charge in [0.15, 0.2) is 0 Å². The monoisotopic (exact) mass is 231 g/mol. The van der Waals surface area contributed by atoms with E-state index in [4.69, 9.17) is 5.11 Å². The molecule has 0 unspecified atom stereocenters. The minimum atomic E-state index is -4.50. The summed E-state index contributed by atoms with van der Waals surface area (Å²) in [6.07, 6.45) is -2.33. The van der Waals surface area contributed by atoms with Gasteiger partial charge in [0, 0.05) is 12.6 Å². The van der Waals surface area contributed by atoms with E-state index in [0.717, 1.165) is 25.0 Å². The summed E-state index contributed by atoms with van der Waals surface area (Å²) in [5, 5.41) is 12.2. The normalized spacial score (nSPS) is 16.4. The first-order chi connectivity index (χ1) is 7.47. The van der Waals surface area contributed by atoms with Crippen LogP contribution >= 0.6 is 0 Å². The van der Waals surface area contributed by atoms with Crippen molar-refractivity contribution in [2.45, 2.75) is 31.6 Å². The zero-order valence-electron chi connectivity index (χ0n) is 8.51. The molecular weight excluding hydrogens is 219 g/mol. The molecular formula is C11H12F3NO. The lowest BCUT2D eigenvalue weighted by molar-refractivity contribution is -0.138. The standard InChI is InChI=1S/C11H12F3NO/c12-11(13,14)9-5-7(1-4-10(9)16)6-15-8-2-3-8/h1,4-5,8,15-16H,2-3,6H2. The van der Waals surface area contributed by atoms with Crippen molar-refractivity contribution in [3.05, 3.63) is 29.3 Å². The topological polar surface area (TPSA) is 32.3 Å². The molecule has 16 heavy (non-hydrogen) atoms. The van der Waals surface area contributed by atoms with Crippen LogP contribution in [-0.2, 0) is 12.7 Å². The number of halogens is 3. The number of benzene rings is 1. The maximum atomic E-state index is 12.5. The first kappa shape index (κ1) is 11.3. The highest BCUT2D eigenvalue weighted by Crippen LogP contribution is 2.36. The average Bonchev–Trinajstić information content (AvgIpc) is 2.98. The minimum absolute atomic E-state index is 0.411. The predicted molar refractivity (Wildman–Crippen MR) is 53.0 cm³/mol. The Morgan fingerprint density at radius 1 is 1.31 bits per heavy atom. The number of alkyl halides is 3. The predicted octanol–water partition coefficient (Wildman–Crippen LogP) is 2.66. The Labute approximate surface area is 91.1 Å². The second-order valence-corrected chi connectivity index (χ2v) is 4.00. The molecule has 0 radical (unpaired) electrons. The highest BCUT2D eigenvalue weighted by Gasteiger charge is 2.34. The summed E-state index contributed by atoms with van der Waals surface area (Å²) in [5.74, 6) is -0.720. The van der Waals surface area contributed by atoms with E-state index in [0.29, 0.717) is 18.2 Å². The zero-order chi connectivity index (χ0) is 11.8. The van der Waals surface area contributed by atoms with Crippen LogP contribution in [0.25, 0.3) is 0 Å². The second-order valence-electron chi connectivity index (χ2n) is 4.00. The lowest BCUT2D eigenvalue weighted by Gasteiger charge is -2.11. The van der Waals surface area contributed by atoms with Gasteiger partial charge in [-0.15, -0.1) is 0 Å². The molecule has 1 aromatic carbocycles. The maximum absolute atomic E-state index is 12.5. The van der Waals surface area contributed by atoms with Gasteiger partial charge in [0.2, 0.25) is 0 Å².